The van der Waals surface area contributed by atoms with E-state index >= 15 is 0 Å². The van der Waals surface area contributed by atoms with Crippen molar-refractivity contribution in [2.24, 2.45) is 0 Å². The van der Waals surface area contributed by atoms with Gasteiger partial charge in [-0.3, -0.25) is 0 Å². The average Bonchev–Trinajstić information content (AvgIpc) is 3.65. The number of anilines is 3. The SMILES string of the molecule is CC1(C)c2ccccc2-c2cccc(-c3ccc(N(c4ccccc4)c4ccc5c(c4)C(c4ccccc4)(c4ccccc4)c4ccccc4-5)cc3)c21. The molecule has 8 aromatic rings. The normalized spacial score (nSPS) is 14.2. The molecule has 0 amide bonds. The van der Waals surface area contributed by atoms with E-state index in [4.69, 9.17) is 0 Å². The molecule has 0 unspecified atom stereocenters. The lowest BCUT2D eigenvalue weighted by Gasteiger charge is -2.35. The minimum absolute atomic E-state index is 0.0801. The topological polar surface area (TPSA) is 3.24 Å². The van der Waals surface area contributed by atoms with Crippen LogP contribution in [0.5, 0.6) is 0 Å². The first-order chi connectivity index (χ1) is 26.1. The Morgan fingerprint density at radius 2 is 0.811 bits per heavy atom. The fraction of sp³-hybridized carbons (Fsp3) is 0.0769. The quantitative estimate of drug-likeness (QED) is 0.169. The largest absolute Gasteiger partial charge is 0.310 e. The van der Waals surface area contributed by atoms with Crippen LogP contribution in [0.25, 0.3) is 33.4 Å². The highest BCUT2D eigenvalue weighted by atomic mass is 15.1. The van der Waals surface area contributed by atoms with E-state index in [0.717, 1.165) is 17.1 Å². The molecular formula is C52H39N. The van der Waals surface area contributed by atoms with Gasteiger partial charge in [0.25, 0.3) is 0 Å². The van der Waals surface area contributed by atoms with Crippen molar-refractivity contribution >= 4 is 17.1 Å². The Hall–Kier alpha value is -6.44. The van der Waals surface area contributed by atoms with Crippen molar-refractivity contribution in [3.05, 3.63) is 234 Å². The maximum Gasteiger partial charge on any atom is 0.0714 e. The number of hydrogen-bond donors (Lipinski definition) is 0. The second-order valence-electron chi connectivity index (χ2n) is 14.9. The van der Waals surface area contributed by atoms with E-state index in [2.05, 4.69) is 219 Å². The van der Waals surface area contributed by atoms with Crippen LogP contribution in [0.15, 0.2) is 200 Å². The predicted octanol–water partition coefficient (Wildman–Crippen LogP) is 13.5. The first-order valence-corrected chi connectivity index (χ1v) is 18.6. The van der Waals surface area contributed by atoms with E-state index in [1.807, 2.05) is 0 Å². The van der Waals surface area contributed by atoms with Gasteiger partial charge in [0.2, 0.25) is 0 Å². The van der Waals surface area contributed by atoms with Gasteiger partial charge in [-0.25, -0.2) is 0 Å². The standard InChI is InChI=1S/C52H39N/c1-51(2)47-27-14-12-24-44(47)46-26-16-25-42(50(46)51)36-29-31-40(32-30-36)53(39-21-10-5-11-22-39)41-33-34-45-43-23-13-15-28-48(43)52(49(45)35-41,37-17-6-3-7-18-37)38-19-8-4-9-20-38/h3-35H,1-2H3. The Morgan fingerprint density at radius 1 is 0.340 bits per heavy atom. The Labute approximate surface area is 312 Å². The zero-order valence-electron chi connectivity index (χ0n) is 30.0. The molecule has 2 aliphatic rings. The summed E-state index contributed by atoms with van der Waals surface area (Å²) in [7, 11) is 0. The average molecular weight is 678 g/mol. The lowest BCUT2D eigenvalue weighted by atomic mass is 9.67. The van der Waals surface area contributed by atoms with Crippen molar-refractivity contribution in [3.63, 3.8) is 0 Å². The Bertz CT molecular complexity index is 2580. The van der Waals surface area contributed by atoms with Crippen LogP contribution in [0, 0.1) is 0 Å². The van der Waals surface area contributed by atoms with E-state index < -0.39 is 5.41 Å². The second-order valence-corrected chi connectivity index (χ2v) is 14.9. The van der Waals surface area contributed by atoms with E-state index in [1.54, 1.807) is 0 Å². The number of benzene rings is 8. The van der Waals surface area contributed by atoms with Crippen molar-refractivity contribution in [3.8, 4) is 33.4 Å². The summed E-state index contributed by atoms with van der Waals surface area (Å²) in [5.74, 6) is 0. The fourth-order valence-corrected chi connectivity index (χ4v) is 9.47. The van der Waals surface area contributed by atoms with Gasteiger partial charge in [-0.2, -0.15) is 0 Å². The summed E-state index contributed by atoms with van der Waals surface area (Å²) >= 11 is 0. The first-order valence-electron chi connectivity index (χ1n) is 18.6. The number of para-hydroxylation sites is 1. The number of nitrogens with zero attached hydrogens (tertiary/aromatic N) is 1. The molecule has 8 aromatic carbocycles. The van der Waals surface area contributed by atoms with Gasteiger partial charge in [0.1, 0.15) is 0 Å². The molecule has 0 aromatic heterocycles. The molecule has 0 N–H and O–H groups in total. The fourth-order valence-electron chi connectivity index (χ4n) is 9.47. The maximum atomic E-state index is 2.44. The number of hydrogen-bond acceptors (Lipinski definition) is 1. The van der Waals surface area contributed by atoms with E-state index in [1.165, 1.54) is 66.8 Å². The van der Waals surface area contributed by atoms with Crippen molar-refractivity contribution in [2.75, 3.05) is 4.90 Å². The highest BCUT2D eigenvalue weighted by molar-refractivity contribution is 5.91. The van der Waals surface area contributed by atoms with Gasteiger partial charge in [0, 0.05) is 22.5 Å². The highest BCUT2D eigenvalue weighted by Gasteiger charge is 2.46. The Kier molecular flexibility index (Phi) is 7.13. The molecule has 0 atom stereocenters. The molecule has 0 saturated heterocycles. The van der Waals surface area contributed by atoms with Gasteiger partial charge in [-0.15, -0.1) is 0 Å². The summed E-state index contributed by atoms with van der Waals surface area (Å²) < 4.78 is 0. The zero-order valence-corrected chi connectivity index (χ0v) is 30.0. The minimum atomic E-state index is -0.464. The molecule has 0 aliphatic heterocycles. The molecule has 0 heterocycles. The van der Waals surface area contributed by atoms with Gasteiger partial charge in [0.15, 0.2) is 0 Å². The van der Waals surface area contributed by atoms with Crippen LogP contribution >= 0.6 is 0 Å². The summed E-state index contributed by atoms with van der Waals surface area (Å²) in [5, 5.41) is 0. The zero-order chi connectivity index (χ0) is 35.6. The molecular weight excluding hydrogens is 639 g/mol. The van der Waals surface area contributed by atoms with Gasteiger partial charge < -0.3 is 4.90 Å². The van der Waals surface area contributed by atoms with Crippen LogP contribution in [0.3, 0.4) is 0 Å². The molecule has 10 rings (SSSR count). The van der Waals surface area contributed by atoms with Gasteiger partial charge >= 0.3 is 0 Å². The van der Waals surface area contributed by atoms with Crippen LogP contribution in [0.4, 0.5) is 17.1 Å². The monoisotopic (exact) mass is 677 g/mol. The molecule has 53 heavy (non-hydrogen) atoms. The lowest BCUT2D eigenvalue weighted by Crippen LogP contribution is -2.28. The van der Waals surface area contributed by atoms with E-state index in [-0.39, 0.29) is 5.41 Å². The van der Waals surface area contributed by atoms with Gasteiger partial charge in [-0.1, -0.05) is 178 Å². The van der Waals surface area contributed by atoms with Crippen LogP contribution < -0.4 is 4.90 Å². The predicted molar refractivity (Wildman–Crippen MR) is 221 cm³/mol. The molecule has 2 aliphatic carbocycles. The van der Waals surface area contributed by atoms with E-state index in [0.29, 0.717) is 0 Å². The molecule has 0 radical (unpaired) electrons. The maximum absolute atomic E-state index is 2.44. The molecule has 0 spiro atoms. The van der Waals surface area contributed by atoms with Crippen molar-refractivity contribution in [1.29, 1.82) is 0 Å². The van der Waals surface area contributed by atoms with Crippen molar-refractivity contribution in [1.82, 2.24) is 0 Å². The van der Waals surface area contributed by atoms with Crippen LogP contribution in [-0.4, -0.2) is 0 Å². The van der Waals surface area contributed by atoms with Gasteiger partial charge in [-0.05, 0) is 103 Å². The highest BCUT2D eigenvalue weighted by Crippen LogP contribution is 2.57. The van der Waals surface area contributed by atoms with Crippen LogP contribution in [0.2, 0.25) is 0 Å². The molecule has 0 saturated carbocycles. The summed E-state index contributed by atoms with van der Waals surface area (Å²) in [6, 6.07) is 73.8. The van der Waals surface area contributed by atoms with E-state index in [9.17, 15) is 0 Å². The summed E-state index contributed by atoms with van der Waals surface area (Å²) in [4.78, 5) is 2.41. The van der Waals surface area contributed by atoms with Gasteiger partial charge in [0.05, 0.1) is 5.41 Å². The first kappa shape index (κ1) is 31.3. The summed E-state index contributed by atoms with van der Waals surface area (Å²) in [5.41, 5.74) is 18.6. The van der Waals surface area contributed by atoms with Crippen LogP contribution in [0.1, 0.15) is 47.2 Å². The third-order valence-corrected chi connectivity index (χ3v) is 11.7. The minimum Gasteiger partial charge on any atom is -0.310 e. The van der Waals surface area contributed by atoms with Crippen molar-refractivity contribution in [2.45, 2.75) is 24.7 Å². The third kappa shape index (κ3) is 4.64. The molecule has 252 valence electrons. The van der Waals surface area contributed by atoms with Crippen LogP contribution in [-0.2, 0) is 10.8 Å². The smallest absolute Gasteiger partial charge is 0.0714 e. The number of fused-ring (bicyclic) bond motifs is 6. The Morgan fingerprint density at radius 3 is 1.47 bits per heavy atom. The Balaban J connectivity index is 1.14. The second kappa shape index (κ2) is 12.1. The molecule has 1 heteroatoms. The molecule has 0 fully saturated rings. The van der Waals surface area contributed by atoms with Crippen molar-refractivity contribution < 1.29 is 0 Å². The third-order valence-electron chi connectivity index (χ3n) is 11.7. The lowest BCUT2D eigenvalue weighted by molar-refractivity contribution is 0.662. The molecule has 1 nitrogen and oxygen atoms in total. The molecule has 0 bridgehead atoms. The summed E-state index contributed by atoms with van der Waals surface area (Å²) in [6.45, 7) is 4.73. The number of rotatable bonds is 6. The summed E-state index contributed by atoms with van der Waals surface area (Å²) in [6.07, 6.45) is 0.